The molecule has 8 nitrogen and oxygen atoms in total. The number of ether oxygens (including phenoxy) is 1. The second-order valence-corrected chi connectivity index (χ2v) is 10.5. The molecule has 14 heteroatoms. The van der Waals surface area contributed by atoms with Crippen LogP contribution in [0.2, 0.25) is 0 Å². The van der Waals surface area contributed by atoms with E-state index in [2.05, 4.69) is 0 Å². The van der Waals surface area contributed by atoms with Crippen LogP contribution in [0.3, 0.4) is 0 Å². The molecule has 2 aliphatic heterocycles. The van der Waals surface area contributed by atoms with Gasteiger partial charge in [0.15, 0.2) is 0 Å². The lowest BCUT2D eigenvalue weighted by Gasteiger charge is -2.42. The number of amides is 2. The first-order valence-electron chi connectivity index (χ1n) is 13.3. The lowest BCUT2D eigenvalue weighted by Crippen LogP contribution is -2.46. The van der Waals surface area contributed by atoms with Crippen LogP contribution in [0.15, 0.2) is 41.2 Å². The summed E-state index contributed by atoms with van der Waals surface area (Å²) in [5, 5.41) is 11.9. The first kappa shape index (κ1) is 30.5. The summed E-state index contributed by atoms with van der Waals surface area (Å²) in [6.07, 6.45) is -6.27. The number of primary amides is 1. The molecule has 2 atom stereocenters. The van der Waals surface area contributed by atoms with E-state index in [1.165, 1.54) is 13.0 Å². The normalized spacial score (nSPS) is 22.7. The summed E-state index contributed by atoms with van der Waals surface area (Å²) in [5.41, 5.74) is 2.39. The highest BCUT2D eigenvalue weighted by atomic mass is 19.4. The summed E-state index contributed by atoms with van der Waals surface area (Å²) in [5.74, 6) is -0.439. The molecule has 3 aliphatic rings. The minimum absolute atomic E-state index is 0.0123. The number of nitrogens with zero attached hydrogens (tertiary/aromatic N) is 3. The second kappa shape index (κ2) is 11.5. The Morgan fingerprint density at radius 3 is 2.17 bits per heavy atom. The highest BCUT2D eigenvalue weighted by molar-refractivity contribution is 5.93. The molecule has 2 fully saturated rings. The van der Waals surface area contributed by atoms with Crippen LogP contribution in [0.4, 0.5) is 31.1 Å². The third-order valence-corrected chi connectivity index (χ3v) is 7.82. The lowest BCUT2D eigenvalue weighted by atomic mass is 9.93. The number of benzene rings is 1. The molecule has 2 amide bonds. The highest BCUT2D eigenvalue weighted by Gasteiger charge is 2.44. The molecule has 0 unspecified atom stereocenters. The summed E-state index contributed by atoms with van der Waals surface area (Å²) in [7, 11) is 0. The quantitative estimate of drug-likeness (QED) is 0.402. The smallest absolute Gasteiger partial charge is 0.416 e. The predicted molar refractivity (Wildman–Crippen MR) is 134 cm³/mol. The molecule has 3 N–H and O–H groups in total. The van der Waals surface area contributed by atoms with Gasteiger partial charge in [0.25, 0.3) is 0 Å². The second-order valence-electron chi connectivity index (χ2n) is 10.5. The minimum Gasteiger partial charge on any atom is -0.439 e. The molecule has 0 bridgehead atoms. The van der Waals surface area contributed by atoms with Crippen LogP contribution in [0.5, 0.6) is 0 Å². The number of hydrogen-bond donors (Lipinski definition) is 2. The standard InChI is InChI=1S/C27H32F6N4O4/c1-3-35(21-7-5-4-6-8-21)24-18(9-17(23(34)38)14-37(24)40)13-36-15(2)22(41-25(36)39)16-10-19(26(28,29)30)12-20(11-16)27(31,32)33/h9-12,15,21-22,40H,3-8,13-14H2,1-2H3,(H2,34,38)/t15-,22-/m0/s1. The monoisotopic (exact) mass is 590 g/mol. The Balaban J connectivity index is 1.72. The van der Waals surface area contributed by atoms with Crippen molar-refractivity contribution in [2.75, 3.05) is 19.6 Å². The number of hydrogen-bond acceptors (Lipinski definition) is 6. The molecule has 1 aromatic carbocycles. The Labute approximate surface area is 232 Å². The van der Waals surface area contributed by atoms with Gasteiger partial charge in [-0.3, -0.25) is 14.9 Å². The van der Waals surface area contributed by atoms with E-state index in [4.69, 9.17) is 10.5 Å². The maximum Gasteiger partial charge on any atom is 0.416 e. The summed E-state index contributed by atoms with van der Waals surface area (Å²) < 4.78 is 86.1. The summed E-state index contributed by atoms with van der Waals surface area (Å²) in [6, 6.07) is 0.184. The van der Waals surface area contributed by atoms with E-state index in [0.29, 0.717) is 30.1 Å². The fourth-order valence-electron chi connectivity index (χ4n) is 5.78. The van der Waals surface area contributed by atoms with Crippen LogP contribution in [-0.4, -0.2) is 63.8 Å². The fraction of sp³-hybridized carbons (Fsp3) is 0.556. The Kier molecular flexibility index (Phi) is 8.53. The van der Waals surface area contributed by atoms with E-state index in [0.717, 1.165) is 42.1 Å². The average molecular weight is 591 g/mol. The molecule has 1 aliphatic carbocycles. The van der Waals surface area contributed by atoms with Gasteiger partial charge < -0.3 is 15.4 Å². The Bertz CT molecular complexity index is 1210. The van der Waals surface area contributed by atoms with Gasteiger partial charge in [-0.1, -0.05) is 19.3 Å². The van der Waals surface area contributed by atoms with Gasteiger partial charge in [-0.15, -0.1) is 0 Å². The number of cyclic esters (lactones) is 1. The van der Waals surface area contributed by atoms with Crippen LogP contribution >= 0.6 is 0 Å². The van der Waals surface area contributed by atoms with Crippen LogP contribution in [0.25, 0.3) is 0 Å². The molecule has 0 aromatic heterocycles. The van der Waals surface area contributed by atoms with Crippen molar-refractivity contribution >= 4 is 12.0 Å². The molecular weight excluding hydrogens is 558 g/mol. The van der Waals surface area contributed by atoms with Crippen molar-refractivity contribution in [3.8, 4) is 0 Å². The minimum atomic E-state index is -5.06. The number of carbonyl (C=O) groups excluding carboxylic acids is 2. The van der Waals surface area contributed by atoms with Gasteiger partial charge in [0.2, 0.25) is 5.91 Å². The largest absolute Gasteiger partial charge is 0.439 e. The van der Waals surface area contributed by atoms with Gasteiger partial charge in [-0.2, -0.15) is 26.3 Å². The number of hydroxylamine groups is 2. The van der Waals surface area contributed by atoms with E-state index >= 15 is 0 Å². The molecule has 1 aromatic rings. The molecule has 0 radical (unpaired) electrons. The first-order valence-corrected chi connectivity index (χ1v) is 13.3. The van der Waals surface area contributed by atoms with E-state index < -0.39 is 53.2 Å². The SMILES string of the molecule is CCN(C1=C(CN2C(=O)O[C@H](c3cc(C(F)(F)F)cc(C(F)(F)F)c3)[C@@H]2C)C=C(C(N)=O)CN1O)C1CCCCC1. The van der Waals surface area contributed by atoms with Crippen molar-refractivity contribution in [3.63, 3.8) is 0 Å². The fourth-order valence-corrected chi connectivity index (χ4v) is 5.78. The summed E-state index contributed by atoms with van der Waals surface area (Å²) in [6.45, 7) is 3.40. The zero-order valence-corrected chi connectivity index (χ0v) is 22.6. The molecule has 4 rings (SSSR count). The number of carbonyl (C=O) groups is 2. The van der Waals surface area contributed by atoms with Crippen molar-refractivity contribution in [3.05, 3.63) is 57.9 Å². The maximum atomic E-state index is 13.5. The lowest BCUT2D eigenvalue weighted by molar-refractivity contribution is -0.143. The Morgan fingerprint density at radius 1 is 1.07 bits per heavy atom. The van der Waals surface area contributed by atoms with Gasteiger partial charge in [-0.05, 0) is 56.5 Å². The topological polar surface area (TPSA) is 99.3 Å². The van der Waals surface area contributed by atoms with Crippen molar-refractivity contribution < 1.29 is 45.9 Å². The van der Waals surface area contributed by atoms with Gasteiger partial charge in [0.05, 0.1) is 30.3 Å². The third-order valence-electron chi connectivity index (χ3n) is 7.82. The third kappa shape index (κ3) is 6.41. The predicted octanol–water partition coefficient (Wildman–Crippen LogP) is 5.59. The molecule has 226 valence electrons. The average Bonchev–Trinajstić information content (AvgIpc) is 3.18. The zero-order chi connectivity index (χ0) is 30.3. The van der Waals surface area contributed by atoms with Crippen LogP contribution in [0, 0.1) is 0 Å². The van der Waals surface area contributed by atoms with E-state index in [1.807, 2.05) is 11.8 Å². The first-order chi connectivity index (χ1) is 19.1. The Morgan fingerprint density at radius 2 is 1.66 bits per heavy atom. The van der Waals surface area contributed by atoms with Crippen molar-refractivity contribution in [2.24, 2.45) is 5.73 Å². The number of nitrogens with two attached hydrogens (primary N) is 1. The summed E-state index contributed by atoms with van der Waals surface area (Å²) in [4.78, 5) is 28.1. The van der Waals surface area contributed by atoms with E-state index in [1.54, 1.807) is 0 Å². The van der Waals surface area contributed by atoms with Crippen LogP contribution in [0.1, 0.15) is 68.7 Å². The molecule has 41 heavy (non-hydrogen) atoms. The van der Waals surface area contributed by atoms with Crippen LogP contribution in [-0.2, 0) is 21.9 Å². The summed E-state index contributed by atoms with van der Waals surface area (Å²) >= 11 is 0. The highest BCUT2D eigenvalue weighted by Crippen LogP contribution is 2.41. The molecule has 1 saturated heterocycles. The van der Waals surface area contributed by atoms with Gasteiger partial charge >= 0.3 is 18.4 Å². The number of halogens is 6. The van der Waals surface area contributed by atoms with Crippen LogP contribution < -0.4 is 5.73 Å². The molecular formula is C27H32F6N4O4. The van der Waals surface area contributed by atoms with E-state index in [9.17, 15) is 41.1 Å². The molecule has 0 spiro atoms. The van der Waals surface area contributed by atoms with Gasteiger partial charge in [0.1, 0.15) is 11.9 Å². The Hall–Kier alpha value is -3.42. The van der Waals surface area contributed by atoms with E-state index in [-0.39, 0.29) is 30.8 Å². The maximum absolute atomic E-state index is 13.5. The van der Waals surface area contributed by atoms with Crippen molar-refractivity contribution in [2.45, 2.75) is 76.5 Å². The van der Waals surface area contributed by atoms with Gasteiger partial charge in [-0.25, -0.2) is 9.86 Å². The molecule has 2 heterocycles. The molecule has 1 saturated carbocycles. The van der Waals surface area contributed by atoms with Crippen molar-refractivity contribution in [1.82, 2.24) is 14.9 Å². The van der Waals surface area contributed by atoms with Crippen molar-refractivity contribution in [1.29, 1.82) is 0 Å². The number of alkyl halides is 6. The number of rotatable bonds is 7. The zero-order valence-electron chi connectivity index (χ0n) is 22.6. The van der Waals surface area contributed by atoms with Gasteiger partial charge in [0, 0.05) is 23.7 Å².